The minimum absolute atomic E-state index is 0.395. The molecule has 0 saturated heterocycles. The summed E-state index contributed by atoms with van der Waals surface area (Å²) >= 11 is 2.31. The van der Waals surface area contributed by atoms with E-state index < -0.39 is 0 Å². The number of hydrogen-bond acceptors (Lipinski definition) is 5. The zero-order valence-corrected chi connectivity index (χ0v) is 34.0. The third-order valence-electron chi connectivity index (χ3n) is 10.2. The minimum Gasteiger partial charge on any atom is -0.491 e. The molecule has 8 heteroatoms. The number of nitrogens with one attached hydrogen (secondary N) is 2. The first kappa shape index (κ1) is 37.5. The molecule has 0 atom stereocenters. The Morgan fingerprint density at radius 2 is 0.776 bits per heavy atom. The Morgan fingerprint density at radius 1 is 0.397 bits per heavy atom. The van der Waals surface area contributed by atoms with E-state index in [0.717, 1.165) is 106 Å². The van der Waals surface area contributed by atoms with E-state index in [1.807, 2.05) is 36.4 Å². The molecule has 0 radical (unpaired) electrons. The topological polar surface area (TPSA) is 85.0 Å². The van der Waals surface area contributed by atoms with Gasteiger partial charge in [0, 0.05) is 54.3 Å². The maximum atomic E-state index is 6.46. The van der Waals surface area contributed by atoms with Crippen LogP contribution in [0.5, 0.6) is 5.75 Å². The lowest BCUT2D eigenvalue weighted by Crippen LogP contribution is -2.11. The maximum Gasteiger partial charge on any atom is 0.127 e. The molecule has 2 aliphatic heterocycles. The second-order valence-electron chi connectivity index (χ2n) is 13.9. The van der Waals surface area contributed by atoms with Gasteiger partial charge in [-0.3, -0.25) is 0 Å². The van der Waals surface area contributed by atoms with Gasteiger partial charge in [-0.2, -0.15) is 0 Å². The van der Waals surface area contributed by atoms with Crippen LogP contribution in [-0.4, -0.2) is 57.4 Å². The Labute approximate surface area is 351 Å². The molecule has 4 aromatic carbocycles. The fraction of sp³-hybridized carbons (Fsp3) is 0.120. The van der Waals surface area contributed by atoms with E-state index in [-0.39, 0.29) is 0 Å². The predicted molar refractivity (Wildman–Crippen MR) is 247 cm³/mol. The van der Waals surface area contributed by atoms with Crippen LogP contribution in [0.15, 0.2) is 140 Å². The van der Waals surface area contributed by atoms with E-state index in [9.17, 15) is 0 Å². The number of aromatic nitrogens is 4. The van der Waals surface area contributed by atoms with Crippen molar-refractivity contribution in [1.29, 1.82) is 0 Å². The fourth-order valence-electron chi connectivity index (χ4n) is 7.60. The minimum atomic E-state index is 0.395. The molecule has 286 valence electrons. The van der Waals surface area contributed by atoms with E-state index in [1.54, 1.807) is 0 Å². The monoisotopic (exact) mass is 872 g/mol. The van der Waals surface area contributed by atoms with E-state index in [4.69, 9.17) is 24.2 Å². The van der Waals surface area contributed by atoms with Crippen LogP contribution in [0.3, 0.4) is 0 Å². The number of fused-ring (bicyclic) bond motifs is 8. The van der Waals surface area contributed by atoms with Crippen LogP contribution in [0.25, 0.3) is 90.9 Å². The molecule has 0 fully saturated rings. The highest BCUT2D eigenvalue weighted by Crippen LogP contribution is 2.40. The van der Waals surface area contributed by atoms with Crippen LogP contribution in [0.4, 0.5) is 0 Å². The van der Waals surface area contributed by atoms with Gasteiger partial charge in [0.05, 0.1) is 49.2 Å². The van der Waals surface area contributed by atoms with Crippen molar-refractivity contribution in [2.75, 3.05) is 37.5 Å². The number of hydrogen-bond donors (Lipinski definition) is 2. The molecule has 0 saturated carbocycles. The summed E-state index contributed by atoms with van der Waals surface area (Å²) in [5.74, 6) is 0.747. The van der Waals surface area contributed by atoms with Crippen LogP contribution < -0.4 is 4.74 Å². The van der Waals surface area contributed by atoms with Gasteiger partial charge in [0.2, 0.25) is 0 Å². The molecule has 0 aliphatic carbocycles. The second kappa shape index (κ2) is 17.6. The largest absolute Gasteiger partial charge is 0.491 e. The molecule has 58 heavy (non-hydrogen) atoms. The zero-order chi connectivity index (χ0) is 39.1. The van der Waals surface area contributed by atoms with E-state index in [0.29, 0.717) is 26.4 Å². The number of ether oxygens (including phenoxy) is 3. The van der Waals surface area contributed by atoms with Crippen molar-refractivity contribution in [1.82, 2.24) is 19.9 Å². The smallest absolute Gasteiger partial charge is 0.127 e. The molecule has 2 aliphatic rings. The molecule has 8 bridgehead atoms. The number of alkyl halides is 1. The Morgan fingerprint density at radius 3 is 1.24 bits per heavy atom. The summed E-state index contributed by atoms with van der Waals surface area (Å²) < 4.78 is 18.8. The number of halogens is 1. The molecular weight excluding hydrogens is 831 g/mol. The third kappa shape index (κ3) is 7.91. The molecular formula is C50H41IN4O3. The fourth-order valence-corrected chi connectivity index (χ4v) is 7.91. The maximum absolute atomic E-state index is 6.46. The van der Waals surface area contributed by atoms with Gasteiger partial charge in [-0.1, -0.05) is 132 Å². The highest BCUT2D eigenvalue weighted by Gasteiger charge is 2.20. The molecule has 5 heterocycles. The van der Waals surface area contributed by atoms with Gasteiger partial charge in [-0.15, -0.1) is 0 Å². The average molecular weight is 873 g/mol. The summed E-state index contributed by atoms with van der Waals surface area (Å²) in [7, 11) is 0. The van der Waals surface area contributed by atoms with Crippen molar-refractivity contribution in [3.63, 3.8) is 0 Å². The summed E-state index contributed by atoms with van der Waals surface area (Å²) in [5.41, 5.74) is 15.3. The highest BCUT2D eigenvalue weighted by molar-refractivity contribution is 14.1. The molecule has 7 nitrogen and oxygen atoms in total. The summed E-state index contributed by atoms with van der Waals surface area (Å²) in [5, 5.41) is 0. The van der Waals surface area contributed by atoms with Gasteiger partial charge in [0.1, 0.15) is 12.4 Å². The number of aromatic amines is 2. The lowest BCUT2D eigenvalue weighted by atomic mass is 10.0. The summed E-state index contributed by atoms with van der Waals surface area (Å²) in [4.78, 5) is 18.5. The van der Waals surface area contributed by atoms with Crippen LogP contribution in [0, 0.1) is 0 Å². The molecule has 3 aromatic heterocycles. The number of para-hydroxylation sites is 1. The van der Waals surface area contributed by atoms with E-state index in [1.165, 1.54) is 0 Å². The van der Waals surface area contributed by atoms with Gasteiger partial charge in [0.15, 0.2) is 0 Å². The van der Waals surface area contributed by atoms with Crippen LogP contribution in [-0.2, 0) is 9.47 Å². The van der Waals surface area contributed by atoms with Crippen molar-refractivity contribution in [3.05, 3.63) is 162 Å². The van der Waals surface area contributed by atoms with E-state index in [2.05, 4.69) is 160 Å². The lowest BCUT2D eigenvalue weighted by molar-refractivity contribution is 0.0418. The Balaban J connectivity index is 1.31. The van der Waals surface area contributed by atoms with Crippen LogP contribution >= 0.6 is 22.6 Å². The molecule has 2 N–H and O–H groups in total. The molecule has 0 spiro atoms. The van der Waals surface area contributed by atoms with Gasteiger partial charge in [0.25, 0.3) is 0 Å². The van der Waals surface area contributed by atoms with Gasteiger partial charge in [-0.25, -0.2) is 9.97 Å². The molecule has 0 unspecified atom stereocenters. The summed E-state index contributed by atoms with van der Waals surface area (Å²) in [6.45, 7) is 2.66. The first-order valence-electron chi connectivity index (χ1n) is 19.5. The zero-order valence-electron chi connectivity index (χ0n) is 31.8. The summed E-state index contributed by atoms with van der Waals surface area (Å²) in [6.07, 6.45) is 8.48. The molecule has 0 amide bonds. The Bertz CT molecular complexity index is 2740. The number of nitrogens with zero attached hydrogens (tertiary/aromatic N) is 2. The molecule has 7 aromatic rings. The quantitative estimate of drug-likeness (QED) is 0.0685. The van der Waals surface area contributed by atoms with Crippen molar-refractivity contribution >= 4 is 69.0 Å². The van der Waals surface area contributed by atoms with Gasteiger partial charge < -0.3 is 24.2 Å². The first-order chi connectivity index (χ1) is 28.7. The van der Waals surface area contributed by atoms with Crippen molar-refractivity contribution < 1.29 is 14.2 Å². The number of benzene rings is 4. The van der Waals surface area contributed by atoms with Crippen molar-refractivity contribution in [3.8, 4) is 50.3 Å². The van der Waals surface area contributed by atoms with Gasteiger partial charge in [-0.05, 0) is 71.3 Å². The Kier molecular flexibility index (Phi) is 11.4. The standard InChI is InChI=1S/C50H41IN4O3/c51-28-29-56-30-31-57-32-33-58-46-19-11-10-18-37(46)50-44-26-24-42(54-44)48(35-14-6-2-7-15-35)40-22-20-38(52-40)47(34-12-4-1-5-13-34)39-21-23-41(53-39)49(36-16-8-3-9-17-36)43-25-27-45(50)55-43/h1-27,52,55H,28-33H2. The predicted octanol–water partition coefficient (Wildman–Crippen LogP) is 12.2. The third-order valence-corrected chi connectivity index (χ3v) is 10.6. The van der Waals surface area contributed by atoms with Crippen LogP contribution in [0.2, 0.25) is 0 Å². The lowest BCUT2D eigenvalue weighted by Gasteiger charge is -2.13. The normalized spacial score (nSPS) is 11.9. The van der Waals surface area contributed by atoms with Crippen LogP contribution in [0.1, 0.15) is 22.8 Å². The number of H-pyrrole nitrogens is 2. The number of rotatable bonds is 13. The average Bonchev–Trinajstić information content (AvgIpc) is 4.12. The Hall–Kier alpha value is -6.07. The first-order valence-corrected chi connectivity index (χ1v) is 21.0. The van der Waals surface area contributed by atoms with Gasteiger partial charge >= 0.3 is 0 Å². The van der Waals surface area contributed by atoms with Crippen molar-refractivity contribution in [2.24, 2.45) is 0 Å². The highest BCUT2D eigenvalue weighted by atomic mass is 127. The molecule has 9 rings (SSSR count). The second-order valence-corrected chi connectivity index (χ2v) is 14.9. The van der Waals surface area contributed by atoms with Crippen molar-refractivity contribution in [2.45, 2.75) is 0 Å². The SMILES string of the molecule is ICCOCCOCCOc1ccccc1-c1c2nc(c(-c3ccccc3)c3ccc([nH]3)c(-c3ccccc3)c3nc(c(-c4ccccc4)c4ccc1[nH]4)C=C3)C=C2. The van der Waals surface area contributed by atoms with E-state index >= 15 is 0 Å². The summed E-state index contributed by atoms with van der Waals surface area (Å²) in [6, 6.07) is 48.1.